The Balaban J connectivity index is 2.52. The molecule has 0 spiro atoms. The van der Waals surface area contributed by atoms with E-state index in [1.807, 2.05) is 0 Å². The summed E-state index contributed by atoms with van der Waals surface area (Å²) >= 11 is 0. The van der Waals surface area contributed by atoms with E-state index in [4.69, 9.17) is 5.73 Å². The third-order valence-corrected chi connectivity index (χ3v) is 2.78. The fourth-order valence-electron chi connectivity index (χ4n) is 1.55. The highest BCUT2D eigenvalue weighted by Crippen LogP contribution is 2.19. The molecule has 104 valence electrons. The summed E-state index contributed by atoms with van der Waals surface area (Å²) in [5.74, 6) is -0.481. The summed E-state index contributed by atoms with van der Waals surface area (Å²) in [6.45, 7) is 0. The summed E-state index contributed by atoms with van der Waals surface area (Å²) in [6, 6.07) is 5.25. The number of benzene rings is 1. The van der Waals surface area contributed by atoms with Crippen molar-refractivity contribution in [1.29, 1.82) is 0 Å². The Kier molecular flexibility index (Phi) is 3.47. The lowest BCUT2D eigenvalue weighted by molar-refractivity contribution is 0.628. The van der Waals surface area contributed by atoms with Crippen molar-refractivity contribution in [2.24, 2.45) is 24.3 Å². The van der Waals surface area contributed by atoms with Gasteiger partial charge in [0.05, 0.1) is 5.69 Å². The lowest BCUT2D eigenvalue weighted by Gasteiger charge is -2.07. The lowest BCUT2D eigenvalue weighted by atomic mass is 10.3. The zero-order chi connectivity index (χ0) is 14.9. The second-order valence-corrected chi connectivity index (χ2v) is 4.12. The molecule has 0 amide bonds. The average Bonchev–Trinajstić information content (AvgIpc) is 2.45. The van der Waals surface area contributed by atoms with Gasteiger partial charge in [0.25, 0.3) is 5.56 Å². The SMILES string of the molecule is Cn1c(N)c(N=Nc2ccc(F)cc2)c(=O)n(C)c1=O. The van der Waals surface area contributed by atoms with Gasteiger partial charge in [-0.25, -0.2) is 9.18 Å². The molecule has 0 radical (unpaired) electrons. The van der Waals surface area contributed by atoms with Crippen molar-refractivity contribution >= 4 is 17.2 Å². The molecule has 0 atom stereocenters. The molecule has 1 aromatic heterocycles. The molecule has 7 nitrogen and oxygen atoms in total. The minimum absolute atomic E-state index is 0.0797. The van der Waals surface area contributed by atoms with Crippen molar-refractivity contribution in [1.82, 2.24) is 9.13 Å². The monoisotopic (exact) mass is 277 g/mol. The van der Waals surface area contributed by atoms with Crippen LogP contribution in [0.2, 0.25) is 0 Å². The Bertz CT molecular complexity index is 789. The molecule has 0 saturated carbocycles. The molecule has 2 aromatic rings. The van der Waals surface area contributed by atoms with Gasteiger partial charge in [0.1, 0.15) is 11.6 Å². The normalized spacial score (nSPS) is 11.2. The summed E-state index contributed by atoms with van der Waals surface area (Å²) in [6.07, 6.45) is 0. The second-order valence-electron chi connectivity index (χ2n) is 4.12. The van der Waals surface area contributed by atoms with Gasteiger partial charge >= 0.3 is 5.69 Å². The van der Waals surface area contributed by atoms with Crippen LogP contribution in [0.3, 0.4) is 0 Å². The van der Waals surface area contributed by atoms with E-state index in [9.17, 15) is 14.0 Å². The Morgan fingerprint density at radius 1 is 1.05 bits per heavy atom. The highest BCUT2D eigenvalue weighted by atomic mass is 19.1. The molecule has 0 saturated heterocycles. The first kappa shape index (κ1) is 13.7. The van der Waals surface area contributed by atoms with Crippen LogP contribution in [0.1, 0.15) is 0 Å². The molecule has 0 unspecified atom stereocenters. The van der Waals surface area contributed by atoms with Crippen LogP contribution in [0.15, 0.2) is 44.1 Å². The van der Waals surface area contributed by atoms with Crippen LogP contribution in [0, 0.1) is 5.82 Å². The van der Waals surface area contributed by atoms with Gasteiger partial charge in [-0.3, -0.25) is 13.9 Å². The van der Waals surface area contributed by atoms with Crippen LogP contribution in [0.5, 0.6) is 0 Å². The van der Waals surface area contributed by atoms with Crippen LogP contribution in [0.25, 0.3) is 0 Å². The summed E-state index contributed by atoms with van der Waals surface area (Å²) in [5, 5.41) is 7.55. The largest absolute Gasteiger partial charge is 0.383 e. The van der Waals surface area contributed by atoms with Gasteiger partial charge in [0.2, 0.25) is 0 Å². The first-order valence-electron chi connectivity index (χ1n) is 5.64. The number of hydrogen-bond donors (Lipinski definition) is 1. The lowest BCUT2D eigenvalue weighted by Crippen LogP contribution is -2.37. The van der Waals surface area contributed by atoms with E-state index in [0.29, 0.717) is 5.69 Å². The fraction of sp³-hybridized carbons (Fsp3) is 0.167. The van der Waals surface area contributed by atoms with E-state index in [1.165, 1.54) is 38.4 Å². The fourth-order valence-corrected chi connectivity index (χ4v) is 1.55. The molecule has 1 heterocycles. The number of nitrogen functional groups attached to an aromatic ring is 1. The van der Waals surface area contributed by atoms with E-state index in [0.717, 1.165) is 9.13 Å². The van der Waals surface area contributed by atoms with Crippen molar-refractivity contribution in [3.8, 4) is 0 Å². The van der Waals surface area contributed by atoms with Crippen molar-refractivity contribution in [2.45, 2.75) is 0 Å². The summed E-state index contributed by atoms with van der Waals surface area (Å²) < 4.78 is 14.7. The maximum Gasteiger partial charge on any atom is 0.332 e. The number of aromatic nitrogens is 2. The first-order chi connectivity index (χ1) is 9.41. The van der Waals surface area contributed by atoms with Crippen LogP contribution >= 0.6 is 0 Å². The number of hydrogen-bond acceptors (Lipinski definition) is 5. The number of halogens is 1. The molecule has 20 heavy (non-hydrogen) atoms. The van der Waals surface area contributed by atoms with Gasteiger partial charge in [-0.1, -0.05) is 0 Å². The van der Waals surface area contributed by atoms with E-state index in [-0.39, 0.29) is 11.5 Å². The zero-order valence-corrected chi connectivity index (χ0v) is 10.9. The molecule has 8 heteroatoms. The first-order valence-corrected chi connectivity index (χ1v) is 5.64. The van der Waals surface area contributed by atoms with E-state index >= 15 is 0 Å². The van der Waals surface area contributed by atoms with Gasteiger partial charge in [-0.2, -0.15) is 5.11 Å². The molecule has 0 bridgehead atoms. The third-order valence-electron chi connectivity index (χ3n) is 2.78. The molecule has 2 N–H and O–H groups in total. The van der Waals surface area contributed by atoms with Gasteiger partial charge < -0.3 is 5.73 Å². The minimum Gasteiger partial charge on any atom is -0.383 e. The van der Waals surface area contributed by atoms with Crippen molar-refractivity contribution in [3.63, 3.8) is 0 Å². The number of nitrogens with two attached hydrogens (primary N) is 1. The Morgan fingerprint density at radius 3 is 2.25 bits per heavy atom. The smallest absolute Gasteiger partial charge is 0.332 e. The van der Waals surface area contributed by atoms with Crippen LogP contribution in [-0.2, 0) is 14.1 Å². The molecular formula is C12H12FN5O2. The van der Waals surface area contributed by atoms with Crippen LogP contribution in [0.4, 0.5) is 21.6 Å². The quantitative estimate of drug-likeness (QED) is 0.836. The Hall–Kier alpha value is -2.77. The molecule has 2 rings (SSSR count). The molecule has 0 aliphatic carbocycles. The summed E-state index contributed by atoms with van der Waals surface area (Å²) in [5.41, 5.74) is 4.71. The maximum atomic E-state index is 12.7. The van der Waals surface area contributed by atoms with Crippen molar-refractivity contribution in [2.75, 3.05) is 5.73 Å². The zero-order valence-electron chi connectivity index (χ0n) is 10.9. The number of anilines is 1. The number of rotatable bonds is 2. The Morgan fingerprint density at radius 2 is 1.65 bits per heavy atom. The Labute approximate surface area is 112 Å². The predicted molar refractivity (Wildman–Crippen MR) is 71.9 cm³/mol. The molecular weight excluding hydrogens is 265 g/mol. The number of azo groups is 1. The highest BCUT2D eigenvalue weighted by molar-refractivity contribution is 5.56. The van der Waals surface area contributed by atoms with E-state index < -0.39 is 17.1 Å². The maximum absolute atomic E-state index is 12.7. The number of nitrogens with zero attached hydrogens (tertiary/aromatic N) is 4. The minimum atomic E-state index is -0.642. The van der Waals surface area contributed by atoms with Crippen LogP contribution in [-0.4, -0.2) is 9.13 Å². The van der Waals surface area contributed by atoms with Crippen LogP contribution < -0.4 is 17.0 Å². The molecule has 1 aromatic carbocycles. The van der Waals surface area contributed by atoms with Crippen molar-refractivity contribution < 1.29 is 4.39 Å². The summed E-state index contributed by atoms with van der Waals surface area (Å²) in [4.78, 5) is 23.5. The van der Waals surface area contributed by atoms with Gasteiger partial charge in [-0.05, 0) is 24.3 Å². The third kappa shape index (κ3) is 2.35. The van der Waals surface area contributed by atoms with Gasteiger partial charge in [0.15, 0.2) is 5.69 Å². The van der Waals surface area contributed by atoms with Gasteiger partial charge in [0, 0.05) is 14.1 Å². The average molecular weight is 277 g/mol. The summed E-state index contributed by atoms with van der Waals surface area (Å²) in [7, 11) is 2.75. The predicted octanol–water partition coefficient (Wildman–Crippen LogP) is 1.22. The molecule has 0 aliphatic rings. The molecule has 0 fully saturated rings. The molecule has 0 aliphatic heterocycles. The van der Waals surface area contributed by atoms with Gasteiger partial charge in [-0.15, -0.1) is 5.11 Å². The second kappa shape index (κ2) is 5.08. The standard InChI is InChI=1S/C12H12FN5O2/c1-17-10(14)9(11(19)18(2)12(17)20)16-15-8-5-3-7(13)4-6-8/h3-6H,14H2,1-2H3. The van der Waals surface area contributed by atoms with E-state index in [1.54, 1.807) is 0 Å². The topological polar surface area (TPSA) is 94.7 Å². The van der Waals surface area contributed by atoms with Crippen molar-refractivity contribution in [3.05, 3.63) is 50.9 Å². The van der Waals surface area contributed by atoms with E-state index in [2.05, 4.69) is 10.2 Å². The highest BCUT2D eigenvalue weighted by Gasteiger charge is 2.12.